The van der Waals surface area contributed by atoms with Gasteiger partial charge < -0.3 is 16.0 Å². The predicted octanol–water partition coefficient (Wildman–Crippen LogP) is 1.30. The Morgan fingerprint density at radius 2 is 1.85 bits per heavy atom. The lowest BCUT2D eigenvalue weighted by molar-refractivity contribution is -0.139. The SMILES string of the molecule is CCCC(N)C(=O)NCC1(C(=O)N(C)C)CCCC1.Cl. The van der Waals surface area contributed by atoms with Gasteiger partial charge in [0.25, 0.3) is 0 Å². The summed E-state index contributed by atoms with van der Waals surface area (Å²) in [7, 11) is 3.54. The molecule has 0 aromatic carbocycles. The molecule has 0 heterocycles. The highest BCUT2D eigenvalue weighted by atomic mass is 35.5. The van der Waals surface area contributed by atoms with Crippen molar-refractivity contribution in [3.63, 3.8) is 0 Å². The molecule has 0 aromatic rings. The Labute approximate surface area is 128 Å². The van der Waals surface area contributed by atoms with E-state index in [9.17, 15) is 9.59 Å². The zero-order chi connectivity index (χ0) is 14.5. The Morgan fingerprint density at radius 3 is 2.30 bits per heavy atom. The Kier molecular flexibility index (Phi) is 8.13. The first kappa shape index (κ1) is 19.2. The van der Waals surface area contributed by atoms with Gasteiger partial charge in [0.15, 0.2) is 0 Å². The third-order valence-electron chi connectivity index (χ3n) is 3.96. The van der Waals surface area contributed by atoms with Gasteiger partial charge in [-0.15, -0.1) is 12.4 Å². The second-order valence-corrected chi connectivity index (χ2v) is 5.80. The third-order valence-corrected chi connectivity index (χ3v) is 3.96. The fourth-order valence-corrected chi connectivity index (χ4v) is 2.82. The molecular formula is C14H28ClN3O2. The van der Waals surface area contributed by atoms with Crippen molar-refractivity contribution >= 4 is 24.2 Å². The van der Waals surface area contributed by atoms with Crippen LogP contribution in [0.15, 0.2) is 0 Å². The van der Waals surface area contributed by atoms with E-state index in [2.05, 4.69) is 5.32 Å². The fraction of sp³-hybridized carbons (Fsp3) is 0.857. The van der Waals surface area contributed by atoms with Crippen molar-refractivity contribution in [1.29, 1.82) is 0 Å². The summed E-state index contributed by atoms with van der Waals surface area (Å²) in [6.45, 7) is 2.42. The van der Waals surface area contributed by atoms with Gasteiger partial charge in [0.05, 0.1) is 11.5 Å². The van der Waals surface area contributed by atoms with Crippen molar-refractivity contribution in [1.82, 2.24) is 10.2 Å². The summed E-state index contributed by atoms with van der Waals surface area (Å²) in [6, 6.07) is -0.460. The molecule has 1 aliphatic rings. The molecule has 20 heavy (non-hydrogen) atoms. The van der Waals surface area contributed by atoms with Gasteiger partial charge in [0.1, 0.15) is 0 Å². The lowest BCUT2D eigenvalue weighted by Gasteiger charge is -2.31. The summed E-state index contributed by atoms with van der Waals surface area (Å²) < 4.78 is 0. The molecule has 1 aliphatic carbocycles. The van der Waals surface area contributed by atoms with Crippen molar-refractivity contribution < 1.29 is 9.59 Å². The van der Waals surface area contributed by atoms with E-state index in [1.807, 2.05) is 6.92 Å². The second kappa shape index (κ2) is 8.47. The van der Waals surface area contributed by atoms with Crippen LogP contribution in [0.3, 0.4) is 0 Å². The van der Waals surface area contributed by atoms with Crippen LogP contribution in [0.5, 0.6) is 0 Å². The topological polar surface area (TPSA) is 75.4 Å². The molecule has 5 nitrogen and oxygen atoms in total. The van der Waals surface area contributed by atoms with Crippen LogP contribution in [0.1, 0.15) is 45.4 Å². The molecule has 3 N–H and O–H groups in total. The lowest BCUT2D eigenvalue weighted by atomic mass is 9.84. The summed E-state index contributed by atoms with van der Waals surface area (Å²) in [4.78, 5) is 25.8. The number of hydrogen-bond acceptors (Lipinski definition) is 3. The number of carbonyl (C=O) groups excluding carboxylic acids is 2. The average molecular weight is 306 g/mol. The molecule has 2 amide bonds. The largest absolute Gasteiger partial charge is 0.354 e. The Bertz CT molecular complexity index is 328. The van der Waals surface area contributed by atoms with Gasteiger partial charge in [-0.25, -0.2) is 0 Å². The maximum absolute atomic E-state index is 12.3. The van der Waals surface area contributed by atoms with Crippen LogP contribution in [0.4, 0.5) is 0 Å². The minimum absolute atomic E-state index is 0. The number of nitrogens with one attached hydrogen (secondary N) is 1. The van der Waals surface area contributed by atoms with Crippen molar-refractivity contribution in [2.75, 3.05) is 20.6 Å². The van der Waals surface area contributed by atoms with E-state index < -0.39 is 11.5 Å². The smallest absolute Gasteiger partial charge is 0.236 e. The molecule has 0 saturated heterocycles. The molecule has 1 saturated carbocycles. The molecular weight excluding hydrogens is 278 g/mol. The van der Waals surface area contributed by atoms with E-state index in [-0.39, 0.29) is 24.2 Å². The predicted molar refractivity (Wildman–Crippen MR) is 82.7 cm³/mol. The molecule has 6 heteroatoms. The normalized spacial score (nSPS) is 18.0. The number of carbonyl (C=O) groups is 2. The molecule has 1 fully saturated rings. The zero-order valence-corrected chi connectivity index (χ0v) is 13.6. The van der Waals surface area contributed by atoms with E-state index in [4.69, 9.17) is 5.73 Å². The highest BCUT2D eigenvalue weighted by Crippen LogP contribution is 2.38. The Hall–Kier alpha value is -0.810. The molecule has 1 unspecified atom stereocenters. The fourth-order valence-electron chi connectivity index (χ4n) is 2.82. The van der Waals surface area contributed by atoms with E-state index in [0.29, 0.717) is 13.0 Å². The lowest BCUT2D eigenvalue weighted by Crippen LogP contribution is -2.49. The molecule has 0 spiro atoms. The molecule has 0 aromatic heterocycles. The van der Waals surface area contributed by atoms with Gasteiger partial charge in [-0.2, -0.15) is 0 Å². The van der Waals surface area contributed by atoms with Crippen molar-refractivity contribution in [3.8, 4) is 0 Å². The average Bonchev–Trinajstić information content (AvgIpc) is 2.85. The minimum atomic E-state index is -0.460. The summed E-state index contributed by atoms with van der Waals surface area (Å²) in [5, 5.41) is 2.87. The number of nitrogens with two attached hydrogens (primary N) is 1. The summed E-state index contributed by atoms with van der Waals surface area (Å²) in [6.07, 6.45) is 5.38. The highest BCUT2D eigenvalue weighted by molar-refractivity contribution is 5.86. The van der Waals surface area contributed by atoms with E-state index in [0.717, 1.165) is 32.1 Å². The van der Waals surface area contributed by atoms with Gasteiger partial charge in [-0.1, -0.05) is 26.2 Å². The summed E-state index contributed by atoms with van der Waals surface area (Å²) >= 11 is 0. The van der Waals surface area contributed by atoms with E-state index in [1.54, 1.807) is 19.0 Å². The van der Waals surface area contributed by atoms with Gasteiger partial charge in [0.2, 0.25) is 11.8 Å². The maximum atomic E-state index is 12.3. The summed E-state index contributed by atoms with van der Waals surface area (Å²) in [5.74, 6) is -0.0194. The van der Waals surface area contributed by atoms with Gasteiger partial charge >= 0.3 is 0 Å². The maximum Gasteiger partial charge on any atom is 0.236 e. The van der Waals surface area contributed by atoms with Crippen LogP contribution in [0, 0.1) is 5.41 Å². The van der Waals surface area contributed by atoms with Crippen molar-refractivity contribution in [2.45, 2.75) is 51.5 Å². The molecule has 1 rings (SSSR count). The van der Waals surface area contributed by atoms with Crippen LogP contribution in [0.25, 0.3) is 0 Å². The van der Waals surface area contributed by atoms with Crippen LogP contribution < -0.4 is 11.1 Å². The molecule has 1 atom stereocenters. The van der Waals surface area contributed by atoms with Gasteiger partial charge in [-0.3, -0.25) is 9.59 Å². The minimum Gasteiger partial charge on any atom is -0.354 e. The first-order chi connectivity index (χ1) is 8.93. The number of hydrogen-bond donors (Lipinski definition) is 2. The Morgan fingerprint density at radius 1 is 1.30 bits per heavy atom. The highest BCUT2D eigenvalue weighted by Gasteiger charge is 2.42. The van der Waals surface area contributed by atoms with Crippen molar-refractivity contribution in [3.05, 3.63) is 0 Å². The van der Waals surface area contributed by atoms with Crippen LogP contribution in [-0.2, 0) is 9.59 Å². The standard InChI is InChI=1S/C14H27N3O2.ClH/c1-4-7-11(15)12(18)16-10-14(8-5-6-9-14)13(19)17(2)3;/h11H,4-10,15H2,1-3H3,(H,16,18);1H. The summed E-state index contributed by atoms with van der Waals surface area (Å²) in [5.41, 5.74) is 5.37. The number of amides is 2. The monoisotopic (exact) mass is 305 g/mol. The molecule has 0 radical (unpaired) electrons. The van der Waals surface area contributed by atoms with Crippen LogP contribution >= 0.6 is 12.4 Å². The quantitative estimate of drug-likeness (QED) is 0.776. The number of rotatable bonds is 6. The van der Waals surface area contributed by atoms with Crippen LogP contribution in [-0.4, -0.2) is 43.4 Å². The van der Waals surface area contributed by atoms with Crippen LogP contribution in [0.2, 0.25) is 0 Å². The zero-order valence-electron chi connectivity index (χ0n) is 12.8. The first-order valence-corrected chi connectivity index (χ1v) is 7.18. The van der Waals surface area contributed by atoms with Crippen molar-refractivity contribution in [2.24, 2.45) is 11.1 Å². The Balaban J connectivity index is 0.00000361. The molecule has 0 aliphatic heterocycles. The van der Waals surface area contributed by atoms with Gasteiger partial charge in [0, 0.05) is 20.6 Å². The van der Waals surface area contributed by atoms with Gasteiger partial charge in [-0.05, 0) is 19.3 Å². The second-order valence-electron chi connectivity index (χ2n) is 5.80. The number of nitrogens with zero attached hydrogens (tertiary/aromatic N) is 1. The third kappa shape index (κ3) is 4.63. The van der Waals surface area contributed by atoms with E-state index >= 15 is 0 Å². The first-order valence-electron chi connectivity index (χ1n) is 7.18. The number of halogens is 1. The molecule has 118 valence electrons. The van der Waals surface area contributed by atoms with E-state index in [1.165, 1.54) is 0 Å². The molecule has 0 bridgehead atoms.